The largest absolute Gasteiger partial charge is 0.348 e. The van der Waals surface area contributed by atoms with Gasteiger partial charge in [-0.2, -0.15) is 0 Å². The summed E-state index contributed by atoms with van der Waals surface area (Å²) in [6.45, 7) is 1.47. The Bertz CT molecular complexity index is 520. The first-order valence-electron chi connectivity index (χ1n) is 8.09. The van der Waals surface area contributed by atoms with Crippen molar-refractivity contribution in [2.24, 2.45) is 5.92 Å². The lowest BCUT2D eigenvalue weighted by atomic mass is 10.0. The van der Waals surface area contributed by atoms with Crippen molar-refractivity contribution in [1.82, 2.24) is 20.2 Å². The summed E-state index contributed by atoms with van der Waals surface area (Å²) >= 11 is 0. The number of nitrogens with one attached hydrogen (secondary N) is 1. The molecule has 0 unspecified atom stereocenters. The summed E-state index contributed by atoms with van der Waals surface area (Å²) in [7, 11) is 0. The van der Waals surface area contributed by atoms with E-state index in [1.807, 2.05) is 4.90 Å². The molecule has 1 aliphatic carbocycles. The van der Waals surface area contributed by atoms with E-state index in [0.29, 0.717) is 11.6 Å². The Morgan fingerprint density at radius 1 is 1.09 bits per heavy atom. The van der Waals surface area contributed by atoms with Crippen molar-refractivity contribution in [2.45, 2.75) is 44.6 Å². The van der Waals surface area contributed by atoms with Crippen molar-refractivity contribution < 1.29 is 9.59 Å². The summed E-state index contributed by atoms with van der Waals surface area (Å²) in [5.41, 5.74) is 0.340. The number of likely N-dealkylation sites (tertiary alicyclic amines) is 1. The minimum absolute atomic E-state index is 0.113. The molecule has 118 valence electrons. The van der Waals surface area contributed by atoms with Gasteiger partial charge in [0.15, 0.2) is 0 Å². The van der Waals surface area contributed by atoms with E-state index in [-0.39, 0.29) is 17.9 Å². The van der Waals surface area contributed by atoms with Crippen LogP contribution in [0.3, 0.4) is 0 Å². The first-order chi connectivity index (χ1) is 10.7. The van der Waals surface area contributed by atoms with Gasteiger partial charge in [-0.1, -0.05) is 12.8 Å². The second-order valence-electron chi connectivity index (χ2n) is 6.15. The van der Waals surface area contributed by atoms with Crippen LogP contribution in [0, 0.1) is 5.92 Å². The van der Waals surface area contributed by atoms with Gasteiger partial charge >= 0.3 is 0 Å². The maximum Gasteiger partial charge on any atom is 0.271 e. The van der Waals surface area contributed by atoms with Gasteiger partial charge in [0.05, 0.1) is 6.20 Å². The molecule has 6 heteroatoms. The summed E-state index contributed by atoms with van der Waals surface area (Å²) in [6, 6.07) is 0.113. The second-order valence-corrected chi connectivity index (χ2v) is 6.15. The highest BCUT2D eigenvalue weighted by atomic mass is 16.2. The average Bonchev–Trinajstić information content (AvgIpc) is 3.10. The number of hydrogen-bond acceptors (Lipinski definition) is 4. The summed E-state index contributed by atoms with van der Waals surface area (Å²) in [5, 5.41) is 2.98. The minimum atomic E-state index is -0.186. The molecule has 2 fully saturated rings. The highest BCUT2D eigenvalue weighted by Crippen LogP contribution is 2.27. The molecule has 1 aromatic rings. The van der Waals surface area contributed by atoms with Crippen LogP contribution in [0.15, 0.2) is 18.6 Å². The number of rotatable bonds is 3. The second kappa shape index (κ2) is 6.85. The Labute approximate surface area is 130 Å². The summed E-state index contributed by atoms with van der Waals surface area (Å²) in [5.74, 6) is 0.371. The number of hydrogen-bond donors (Lipinski definition) is 1. The van der Waals surface area contributed by atoms with E-state index in [9.17, 15) is 9.59 Å². The molecule has 6 nitrogen and oxygen atoms in total. The van der Waals surface area contributed by atoms with E-state index in [4.69, 9.17) is 0 Å². The molecule has 0 radical (unpaired) electrons. The predicted octanol–water partition coefficient (Wildman–Crippen LogP) is 1.39. The maximum absolute atomic E-state index is 12.4. The number of aromatic nitrogens is 2. The van der Waals surface area contributed by atoms with Crippen molar-refractivity contribution in [3.05, 3.63) is 24.3 Å². The standard InChI is InChI=1S/C16H22N4O2/c21-15(14-11-17-7-8-18-14)19-13-5-9-20(10-6-13)16(22)12-3-1-2-4-12/h7-8,11-13H,1-6,9-10H2,(H,19,21). The van der Waals surface area contributed by atoms with Crippen LogP contribution in [0.4, 0.5) is 0 Å². The van der Waals surface area contributed by atoms with Gasteiger partial charge in [0.25, 0.3) is 5.91 Å². The number of amides is 2. The van der Waals surface area contributed by atoms with Gasteiger partial charge in [0.1, 0.15) is 5.69 Å². The van der Waals surface area contributed by atoms with Crippen molar-refractivity contribution in [3.63, 3.8) is 0 Å². The molecule has 1 N–H and O–H groups in total. The van der Waals surface area contributed by atoms with Crippen molar-refractivity contribution in [3.8, 4) is 0 Å². The summed E-state index contributed by atoms with van der Waals surface area (Å²) in [4.78, 5) is 34.3. The van der Waals surface area contributed by atoms with Crippen LogP contribution < -0.4 is 5.32 Å². The molecule has 1 aromatic heterocycles. The quantitative estimate of drug-likeness (QED) is 0.915. The molecule has 0 spiro atoms. The number of piperidine rings is 1. The van der Waals surface area contributed by atoms with E-state index in [1.165, 1.54) is 25.2 Å². The molecule has 2 heterocycles. The van der Waals surface area contributed by atoms with Crippen LogP contribution in [0.2, 0.25) is 0 Å². The first-order valence-corrected chi connectivity index (χ1v) is 8.09. The van der Waals surface area contributed by atoms with Gasteiger partial charge in [-0.25, -0.2) is 4.98 Å². The summed E-state index contributed by atoms with van der Waals surface area (Å²) in [6.07, 6.45) is 10.6. The molecule has 0 atom stereocenters. The van der Waals surface area contributed by atoms with Crippen molar-refractivity contribution in [2.75, 3.05) is 13.1 Å². The zero-order valence-electron chi connectivity index (χ0n) is 12.7. The van der Waals surface area contributed by atoms with E-state index in [1.54, 1.807) is 6.20 Å². The van der Waals surface area contributed by atoms with Crippen LogP contribution in [0.1, 0.15) is 49.0 Å². The maximum atomic E-state index is 12.4. The summed E-state index contributed by atoms with van der Waals surface area (Å²) < 4.78 is 0. The highest BCUT2D eigenvalue weighted by molar-refractivity contribution is 5.92. The first kappa shape index (κ1) is 14.9. The molecule has 0 aromatic carbocycles. The van der Waals surface area contributed by atoms with Crippen LogP contribution >= 0.6 is 0 Å². The monoisotopic (exact) mass is 302 g/mol. The molecule has 3 rings (SSSR count). The third-order valence-electron chi connectivity index (χ3n) is 4.64. The molecule has 0 bridgehead atoms. The van der Waals surface area contributed by atoms with Gasteiger partial charge in [-0.15, -0.1) is 0 Å². The normalized spacial score (nSPS) is 20.1. The lowest BCUT2D eigenvalue weighted by Gasteiger charge is -2.33. The Balaban J connectivity index is 1.47. The fourth-order valence-corrected chi connectivity index (χ4v) is 3.35. The van der Waals surface area contributed by atoms with Gasteiger partial charge < -0.3 is 10.2 Å². The fourth-order valence-electron chi connectivity index (χ4n) is 3.35. The van der Waals surface area contributed by atoms with Crippen LogP contribution in [-0.4, -0.2) is 45.8 Å². The lowest BCUT2D eigenvalue weighted by Crippen LogP contribution is -2.48. The minimum Gasteiger partial charge on any atom is -0.348 e. The third kappa shape index (κ3) is 3.43. The zero-order chi connectivity index (χ0) is 15.4. The third-order valence-corrected chi connectivity index (χ3v) is 4.64. The van der Waals surface area contributed by atoms with E-state index < -0.39 is 0 Å². The number of carbonyl (C=O) groups excluding carboxylic acids is 2. The Kier molecular flexibility index (Phi) is 4.65. The Morgan fingerprint density at radius 2 is 1.82 bits per heavy atom. The average molecular weight is 302 g/mol. The van der Waals surface area contributed by atoms with Crippen molar-refractivity contribution in [1.29, 1.82) is 0 Å². The van der Waals surface area contributed by atoms with E-state index in [2.05, 4.69) is 15.3 Å². The molecule has 1 aliphatic heterocycles. The van der Waals surface area contributed by atoms with Gasteiger partial charge in [0, 0.05) is 37.4 Å². The van der Waals surface area contributed by atoms with Crippen LogP contribution in [0.25, 0.3) is 0 Å². The zero-order valence-corrected chi connectivity index (χ0v) is 12.7. The van der Waals surface area contributed by atoms with E-state index in [0.717, 1.165) is 38.8 Å². The van der Waals surface area contributed by atoms with E-state index >= 15 is 0 Å². The van der Waals surface area contributed by atoms with Crippen molar-refractivity contribution >= 4 is 11.8 Å². The Hall–Kier alpha value is -1.98. The molecule has 1 saturated heterocycles. The molecular weight excluding hydrogens is 280 g/mol. The van der Waals surface area contributed by atoms with Gasteiger partial charge in [-0.05, 0) is 25.7 Å². The number of nitrogens with zero attached hydrogens (tertiary/aromatic N) is 3. The highest BCUT2D eigenvalue weighted by Gasteiger charge is 2.30. The molecule has 22 heavy (non-hydrogen) atoms. The molecular formula is C16H22N4O2. The van der Waals surface area contributed by atoms with Gasteiger partial charge in [0.2, 0.25) is 5.91 Å². The molecule has 2 amide bonds. The number of carbonyl (C=O) groups is 2. The topological polar surface area (TPSA) is 75.2 Å². The van der Waals surface area contributed by atoms with Crippen LogP contribution in [-0.2, 0) is 4.79 Å². The lowest BCUT2D eigenvalue weighted by molar-refractivity contribution is -0.136. The Morgan fingerprint density at radius 3 is 2.45 bits per heavy atom. The SMILES string of the molecule is O=C(NC1CCN(C(=O)C2CCCC2)CC1)c1cnccn1. The smallest absolute Gasteiger partial charge is 0.271 e. The molecule has 2 aliphatic rings. The van der Waals surface area contributed by atoms with Crippen LogP contribution in [0.5, 0.6) is 0 Å². The molecule has 1 saturated carbocycles. The fraction of sp³-hybridized carbons (Fsp3) is 0.625. The predicted molar refractivity (Wildman–Crippen MR) is 81.1 cm³/mol. The van der Waals surface area contributed by atoms with Gasteiger partial charge in [-0.3, -0.25) is 14.6 Å².